The summed E-state index contributed by atoms with van der Waals surface area (Å²) in [5, 5.41) is 0. The van der Waals surface area contributed by atoms with Crippen LogP contribution in [0.1, 0.15) is 49.2 Å². The van der Waals surface area contributed by atoms with Gasteiger partial charge in [0, 0.05) is 18.7 Å². The van der Waals surface area contributed by atoms with Crippen LogP contribution in [-0.2, 0) is 13.0 Å². The zero-order chi connectivity index (χ0) is 12.1. The highest BCUT2D eigenvalue weighted by Crippen LogP contribution is 2.25. The van der Waals surface area contributed by atoms with Crippen LogP contribution < -0.4 is 0 Å². The minimum absolute atomic E-state index is 0.192. The minimum atomic E-state index is 0.192. The molecule has 0 bridgehead atoms. The molecule has 0 radical (unpaired) electrons. The first-order chi connectivity index (χ1) is 7.77. The van der Waals surface area contributed by atoms with Gasteiger partial charge in [-0.2, -0.15) is 0 Å². The van der Waals surface area contributed by atoms with Crippen molar-refractivity contribution in [3.05, 3.63) is 34.9 Å². The highest BCUT2D eigenvalue weighted by molar-refractivity contribution is 5.98. The molecule has 1 aliphatic heterocycles. The summed E-state index contributed by atoms with van der Waals surface area (Å²) < 4.78 is 0. The van der Waals surface area contributed by atoms with E-state index >= 15 is 0 Å². The number of hydrogen-bond acceptors (Lipinski definition) is 1. The molecule has 0 spiro atoms. The van der Waals surface area contributed by atoms with E-state index in [2.05, 4.69) is 13.0 Å². The van der Waals surface area contributed by atoms with Crippen molar-refractivity contribution in [2.24, 2.45) is 0 Å². The molecular formula is C14H21NO. The fourth-order valence-electron chi connectivity index (χ4n) is 2.04. The molecule has 0 aliphatic carbocycles. The number of benzene rings is 1. The molecule has 1 aromatic rings. The van der Waals surface area contributed by atoms with Gasteiger partial charge in [-0.1, -0.05) is 32.9 Å². The van der Waals surface area contributed by atoms with Gasteiger partial charge in [0.05, 0.1) is 0 Å². The fraction of sp³-hybridized carbons (Fsp3) is 0.500. The van der Waals surface area contributed by atoms with E-state index in [4.69, 9.17) is 0 Å². The Labute approximate surface area is 98.3 Å². The van der Waals surface area contributed by atoms with E-state index in [0.717, 1.165) is 25.1 Å². The molecule has 0 N–H and O–H groups in total. The van der Waals surface area contributed by atoms with E-state index in [1.54, 1.807) is 0 Å². The van der Waals surface area contributed by atoms with Crippen molar-refractivity contribution < 1.29 is 4.79 Å². The van der Waals surface area contributed by atoms with Crippen LogP contribution in [0.4, 0.5) is 0 Å². The van der Waals surface area contributed by atoms with E-state index in [0.29, 0.717) is 0 Å². The number of rotatable bonds is 2. The molecule has 1 aliphatic rings. The number of carbonyl (C=O) groups excluding carboxylic acids is 1. The molecule has 88 valence electrons. The van der Waals surface area contributed by atoms with Gasteiger partial charge in [0.2, 0.25) is 0 Å². The lowest BCUT2D eigenvalue weighted by atomic mass is 10.0. The van der Waals surface area contributed by atoms with Gasteiger partial charge in [-0.05, 0) is 30.5 Å². The third-order valence-electron chi connectivity index (χ3n) is 2.90. The average Bonchev–Trinajstić information content (AvgIpc) is 2.69. The number of aryl methyl sites for hydroxylation is 1. The van der Waals surface area contributed by atoms with Gasteiger partial charge in [0.25, 0.3) is 5.91 Å². The maximum absolute atomic E-state index is 11.8. The first kappa shape index (κ1) is 12.8. The molecule has 16 heavy (non-hydrogen) atoms. The van der Waals surface area contributed by atoms with E-state index in [1.165, 1.54) is 11.1 Å². The monoisotopic (exact) mass is 219 g/mol. The molecule has 0 unspecified atom stereocenters. The lowest BCUT2D eigenvalue weighted by Crippen LogP contribution is -2.22. The Morgan fingerprint density at radius 1 is 1.25 bits per heavy atom. The number of fused-ring (bicyclic) bond motifs is 1. The number of amides is 1. The minimum Gasteiger partial charge on any atom is -0.335 e. The molecular weight excluding hydrogens is 198 g/mol. The van der Waals surface area contributed by atoms with Crippen molar-refractivity contribution in [1.29, 1.82) is 0 Å². The van der Waals surface area contributed by atoms with Crippen LogP contribution in [0.2, 0.25) is 0 Å². The molecule has 2 nitrogen and oxygen atoms in total. The predicted octanol–water partition coefficient (Wildman–Crippen LogP) is 3.25. The quantitative estimate of drug-likeness (QED) is 0.747. The van der Waals surface area contributed by atoms with Crippen LogP contribution in [0.5, 0.6) is 0 Å². The van der Waals surface area contributed by atoms with Crippen LogP contribution in [0, 0.1) is 0 Å². The summed E-state index contributed by atoms with van der Waals surface area (Å²) in [6.45, 7) is 9.76. The van der Waals surface area contributed by atoms with Gasteiger partial charge >= 0.3 is 0 Å². The van der Waals surface area contributed by atoms with Gasteiger partial charge in [0.1, 0.15) is 0 Å². The number of carbonyl (C=O) groups is 1. The molecule has 1 heterocycles. The SMILES string of the molecule is CC.CCc1cccc2c1CN(CC)C2=O. The Bertz CT molecular complexity index is 371. The molecule has 0 fully saturated rings. The first-order valence-corrected chi connectivity index (χ1v) is 6.18. The van der Waals surface area contributed by atoms with Crippen molar-refractivity contribution in [3.63, 3.8) is 0 Å². The zero-order valence-electron chi connectivity index (χ0n) is 10.7. The maximum atomic E-state index is 11.8. The van der Waals surface area contributed by atoms with Crippen molar-refractivity contribution in [2.45, 2.75) is 40.7 Å². The third kappa shape index (κ3) is 2.11. The highest BCUT2D eigenvalue weighted by atomic mass is 16.2. The fourth-order valence-corrected chi connectivity index (χ4v) is 2.04. The molecule has 0 saturated carbocycles. The smallest absolute Gasteiger partial charge is 0.254 e. The Morgan fingerprint density at radius 2 is 1.94 bits per heavy atom. The average molecular weight is 219 g/mol. The van der Waals surface area contributed by atoms with Crippen molar-refractivity contribution >= 4 is 5.91 Å². The summed E-state index contributed by atoms with van der Waals surface area (Å²) in [4.78, 5) is 13.7. The predicted molar refractivity (Wildman–Crippen MR) is 67.6 cm³/mol. The second-order valence-electron chi connectivity index (χ2n) is 3.62. The number of nitrogens with zero attached hydrogens (tertiary/aromatic N) is 1. The van der Waals surface area contributed by atoms with E-state index in [-0.39, 0.29) is 5.91 Å². The van der Waals surface area contributed by atoms with Crippen LogP contribution in [0.15, 0.2) is 18.2 Å². The molecule has 0 aromatic heterocycles. The summed E-state index contributed by atoms with van der Waals surface area (Å²) >= 11 is 0. The summed E-state index contributed by atoms with van der Waals surface area (Å²) in [5.74, 6) is 0.192. The Morgan fingerprint density at radius 3 is 2.50 bits per heavy atom. The lowest BCUT2D eigenvalue weighted by molar-refractivity contribution is 0.0787. The zero-order valence-corrected chi connectivity index (χ0v) is 10.7. The Kier molecular flexibility index (Phi) is 4.53. The largest absolute Gasteiger partial charge is 0.335 e. The standard InChI is InChI=1S/C12H15NO.C2H6/c1-3-9-6-5-7-10-11(9)8-13(4-2)12(10)14;1-2/h5-7H,3-4,8H2,1-2H3;1-2H3. The van der Waals surface area contributed by atoms with Crippen molar-refractivity contribution in [3.8, 4) is 0 Å². The normalized spacial score (nSPS) is 13.2. The van der Waals surface area contributed by atoms with E-state index in [1.807, 2.05) is 37.8 Å². The highest BCUT2D eigenvalue weighted by Gasteiger charge is 2.27. The molecule has 0 atom stereocenters. The van der Waals surface area contributed by atoms with Gasteiger partial charge in [-0.25, -0.2) is 0 Å². The molecule has 1 aromatic carbocycles. The van der Waals surface area contributed by atoms with Crippen molar-refractivity contribution in [2.75, 3.05) is 6.54 Å². The molecule has 1 amide bonds. The molecule has 2 rings (SSSR count). The Balaban J connectivity index is 0.000000606. The number of hydrogen-bond donors (Lipinski definition) is 0. The summed E-state index contributed by atoms with van der Waals surface area (Å²) in [7, 11) is 0. The van der Waals surface area contributed by atoms with Crippen LogP contribution >= 0.6 is 0 Å². The van der Waals surface area contributed by atoms with Gasteiger partial charge in [0.15, 0.2) is 0 Å². The summed E-state index contributed by atoms with van der Waals surface area (Å²) in [5.41, 5.74) is 3.46. The van der Waals surface area contributed by atoms with E-state index < -0.39 is 0 Å². The molecule has 2 heteroatoms. The first-order valence-electron chi connectivity index (χ1n) is 6.18. The second kappa shape index (κ2) is 5.69. The lowest BCUT2D eigenvalue weighted by Gasteiger charge is -2.11. The van der Waals surface area contributed by atoms with Crippen LogP contribution in [-0.4, -0.2) is 17.4 Å². The molecule has 0 saturated heterocycles. The van der Waals surface area contributed by atoms with Gasteiger partial charge in [-0.3, -0.25) is 4.79 Å². The summed E-state index contributed by atoms with van der Waals surface area (Å²) in [6, 6.07) is 6.03. The van der Waals surface area contributed by atoms with Gasteiger partial charge < -0.3 is 4.90 Å². The van der Waals surface area contributed by atoms with Crippen molar-refractivity contribution in [1.82, 2.24) is 4.90 Å². The van der Waals surface area contributed by atoms with Crippen LogP contribution in [0.25, 0.3) is 0 Å². The van der Waals surface area contributed by atoms with E-state index in [9.17, 15) is 4.79 Å². The maximum Gasteiger partial charge on any atom is 0.254 e. The van der Waals surface area contributed by atoms with Gasteiger partial charge in [-0.15, -0.1) is 0 Å². The second-order valence-corrected chi connectivity index (χ2v) is 3.62. The Hall–Kier alpha value is -1.31. The van der Waals surface area contributed by atoms with Crippen LogP contribution in [0.3, 0.4) is 0 Å². The summed E-state index contributed by atoms with van der Waals surface area (Å²) in [6.07, 6.45) is 1.01. The third-order valence-corrected chi connectivity index (χ3v) is 2.90. The topological polar surface area (TPSA) is 20.3 Å².